The Morgan fingerprint density at radius 2 is 1.22 bits per heavy atom. The van der Waals surface area contributed by atoms with Crippen LogP contribution in [0.15, 0.2) is 133 Å². The van der Waals surface area contributed by atoms with Crippen LogP contribution < -0.4 is 20.6 Å². The van der Waals surface area contributed by atoms with Gasteiger partial charge in [-0.05, 0) is 127 Å². The molecule has 0 atom stereocenters. The number of para-hydroxylation sites is 2. The molecule has 0 spiro atoms. The third-order valence-corrected chi connectivity index (χ3v) is 18.2. The van der Waals surface area contributed by atoms with E-state index in [4.69, 9.17) is 0 Å². The molecule has 0 saturated carbocycles. The fourth-order valence-electron chi connectivity index (χ4n) is 12.2. The van der Waals surface area contributed by atoms with Crippen LogP contribution >= 0.6 is 22.7 Å². The van der Waals surface area contributed by atoms with Crippen LogP contribution in [-0.4, -0.2) is 6.85 Å². The maximum absolute atomic E-state index is 2.80. The van der Waals surface area contributed by atoms with E-state index in [0.717, 1.165) is 0 Å². The quantitative estimate of drug-likeness (QED) is 0.160. The van der Waals surface area contributed by atoms with Crippen LogP contribution in [0.3, 0.4) is 0 Å². The van der Waals surface area contributed by atoms with Gasteiger partial charge in [0.25, 0.3) is 0 Å². The molecule has 0 saturated heterocycles. The van der Waals surface area contributed by atoms with Gasteiger partial charge >= 0.3 is 6.85 Å². The Morgan fingerprint density at radius 1 is 0.516 bits per heavy atom. The molecule has 13 rings (SSSR count). The van der Waals surface area contributed by atoms with Gasteiger partial charge in [0, 0.05) is 48.1 Å². The first-order valence-electron chi connectivity index (χ1n) is 23.3. The first-order valence-corrected chi connectivity index (χ1v) is 24.9. The van der Waals surface area contributed by atoms with E-state index < -0.39 is 0 Å². The Bertz CT molecular complexity index is 3490. The lowest BCUT2D eigenvalue weighted by Gasteiger charge is -2.51. The topological polar surface area (TPSA) is 6.48 Å². The van der Waals surface area contributed by atoms with Crippen LogP contribution in [0, 0.1) is 0 Å². The second kappa shape index (κ2) is 12.8. The zero-order valence-corrected chi connectivity index (χ0v) is 40.0. The molecule has 0 radical (unpaired) electrons. The molecule has 2 aromatic heterocycles. The number of anilines is 5. The molecule has 1 aliphatic carbocycles. The predicted octanol–water partition coefficient (Wildman–Crippen LogP) is 15.9. The third kappa shape index (κ3) is 5.09. The number of nitrogens with zero attached hydrogens (tertiary/aromatic N) is 2. The van der Waals surface area contributed by atoms with Gasteiger partial charge in [0.2, 0.25) is 0 Å². The van der Waals surface area contributed by atoms with Gasteiger partial charge in [-0.15, -0.1) is 22.7 Å². The Balaban J connectivity index is 1.25. The molecule has 314 valence electrons. The minimum Gasteiger partial charge on any atom is -0.376 e. The molecule has 5 heteroatoms. The summed E-state index contributed by atoms with van der Waals surface area (Å²) in [6.07, 6.45) is 2.38. The highest BCUT2D eigenvalue weighted by molar-refractivity contribution is 7.28. The van der Waals surface area contributed by atoms with Crippen molar-refractivity contribution in [2.75, 3.05) is 9.71 Å². The first kappa shape index (κ1) is 38.8. The summed E-state index contributed by atoms with van der Waals surface area (Å²) in [6.45, 7) is 21.8. The third-order valence-electron chi connectivity index (χ3n) is 15.9. The maximum Gasteiger partial charge on any atom is 0.334 e. The van der Waals surface area contributed by atoms with E-state index in [-0.39, 0.29) is 28.5 Å². The van der Waals surface area contributed by atoms with Crippen molar-refractivity contribution in [1.29, 1.82) is 0 Å². The van der Waals surface area contributed by atoms with E-state index in [0.29, 0.717) is 0 Å². The SMILES string of the molecule is CC(C)(C)c1ccc(N2c3sc4cc5c(cc4c3B3c4c(cc6c(sc7ccccc76)c42)-c2cccc4c2N3c2ccccc2C4(C)C)C(C)(C)CCC5(C)C)c(-c2ccccc2)c1. The molecule has 0 bridgehead atoms. The minimum absolute atomic E-state index is 0.0159. The smallest absolute Gasteiger partial charge is 0.334 e. The standard InChI is InChI=1S/C59H53BN2S2/c1-56(2,3)35-26-27-46(38(30-35)34-18-11-10-12-19-34)61-53-50-39(31-40-36-20-13-16-25-48(36)63-54(40)53)37-21-17-23-43-52(37)62(47-24-15-14-22-42(47)59(43,8)9)60(50)51-41-32-44-45(33-49(41)64-55(51)61)58(6,7)29-28-57(44,4)5/h10-27,30-33H,28-29H2,1-9H3. The lowest BCUT2D eigenvalue weighted by Crippen LogP contribution is -2.62. The summed E-state index contributed by atoms with van der Waals surface area (Å²) in [5.74, 6) is 0. The fourth-order valence-corrected chi connectivity index (χ4v) is 14.7. The van der Waals surface area contributed by atoms with Gasteiger partial charge in [-0.3, -0.25) is 0 Å². The van der Waals surface area contributed by atoms with Crippen LogP contribution in [0.4, 0.5) is 27.8 Å². The molecule has 3 aliphatic heterocycles. The zero-order chi connectivity index (χ0) is 43.8. The number of hydrogen-bond donors (Lipinski definition) is 0. The summed E-state index contributed by atoms with van der Waals surface area (Å²) in [7, 11) is 0. The first-order chi connectivity index (χ1) is 30.6. The molecule has 0 fully saturated rings. The molecule has 4 aliphatic rings. The van der Waals surface area contributed by atoms with Crippen LogP contribution in [0.2, 0.25) is 0 Å². The number of fused-ring (bicyclic) bond motifs is 13. The number of thiophene rings is 2. The van der Waals surface area contributed by atoms with Crippen LogP contribution in [0.1, 0.15) is 103 Å². The van der Waals surface area contributed by atoms with E-state index in [1.54, 1.807) is 0 Å². The normalized spacial score (nSPS) is 17.3. The monoisotopic (exact) mass is 864 g/mol. The van der Waals surface area contributed by atoms with Gasteiger partial charge in [-0.25, -0.2) is 0 Å². The highest BCUT2D eigenvalue weighted by Crippen LogP contribution is 2.60. The summed E-state index contributed by atoms with van der Waals surface area (Å²) in [6, 6.07) is 52.0. The lowest BCUT2D eigenvalue weighted by atomic mass is 9.42. The molecular weight excluding hydrogens is 812 g/mol. The second-order valence-corrected chi connectivity index (χ2v) is 24.0. The average Bonchev–Trinajstić information content (AvgIpc) is 3.85. The summed E-state index contributed by atoms with van der Waals surface area (Å²) in [5.41, 5.74) is 20.5. The second-order valence-electron chi connectivity index (χ2n) is 21.9. The molecule has 9 aromatic rings. The van der Waals surface area contributed by atoms with Crippen molar-refractivity contribution < 1.29 is 0 Å². The van der Waals surface area contributed by atoms with Crippen LogP contribution in [-0.2, 0) is 21.7 Å². The summed E-state index contributed by atoms with van der Waals surface area (Å²) in [5, 5.41) is 5.42. The summed E-state index contributed by atoms with van der Waals surface area (Å²) >= 11 is 3.99. The molecule has 7 aromatic carbocycles. The Labute approximate surface area is 386 Å². The number of hydrogen-bond acceptors (Lipinski definition) is 4. The highest BCUT2D eigenvalue weighted by atomic mass is 32.1. The van der Waals surface area contributed by atoms with Crippen molar-refractivity contribution in [2.24, 2.45) is 0 Å². The van der Waals surface area contributed by atoms with Gasteiger partial charge in [0.05, 0.1) is 21.1 Å². The van der Waals surface area contributed by atoms with Gasteiger partial charge in [-0.2, -0.15) is 0 Å². The number of benzene rings is 7. The average molecular weight is 865 g/mol. The van der Waals surface area contributed by atoms with Crippen molar-refractivity contribution in [3.05, 3.63) is 161 Å². The summed E-state index contributed by atoms with van der Waals surface area (Å²) < 4.78 is 4.08. The van der Waals surface area contributed by atoms with Crippen molar-refractivity contribution in [3.63, 3.8) is 0 Å². The van der Waals surface area contributed by atoms with E-state index >= 15 is 0 Å². The fraction of sp³-hybridized carbons (Fsp3) is 0.254. The Morgan fingerprint density at radius 3 is 2.00 bits per heavy atom. The van der Waals surface area contributed by atoms with Crippen molar-refractivity contribution >= 4 is 98.5 Å². The van der Waals surface area contributed by atoms with E-state index in [2.05, 4.69) is 205 Å². The maximum atomic E-state index is 2.80. The van der Waals surface area contributed by atoms with Gasteiger partial charge in [0.1, 0.15) is 0 Å². The molecule has 0 unspecified atom stereocenters. The number of rotatable bonds is 2. The van der Waals surface area contributed by atoms with E-state index in [1.807, 2.05) is 22.7 Å². The van der Waals surface area contributed by atoms with Crippen LogP contribution in [0.25, 0.3) is 52.5 Å². The molecule has 2 nitrogen and oxygen atoms in total. The van der Waals surface area contributed by atoms with Gasteiger partial charge in [0.15, 0.2) is 0 Å². The predicted molar refractivity (Wildman–Crippen MR) is 280 cm³/mol. The van der Waals surface area contributed by atoms with E-state index in [9.17, 15) is 0 Å². The lowest BCUT2D eigenvalue weighted by molar-refractivity contribution is 0.332. The van der Waals surface area contributed by atoms with Crippen molar-refractivity contribution in [3.8, 4) is 22.3 Å². The Hall–Kier alpha value is -5.62. The van der Waals surface area contributed by atoms with Crippen molar-refractivity contribution in [2.45, 2.75) is 96.8 Å². The molecule has 0 N–H and O–H groups in total. The molecule has 64 heavy (non-hydrogen) atoms. The molecule has 0 amide bonds. The largest absolute Gasteiger partial charge is 0.376 e. The van der Waals surface area contributed by atoms with Crippen molar-refractivity contribution in [1.82, 2.24) is 0 Å². The minimum atomic E-state index is -0.174. The highest BCUT2D eigenvalue weighted by Gasteiger charge is 2.52. The summed E-state index contributed by atoms with van der Waals surface area (Å²) in [4.78, 5) is 5.56. The van der Waals surface area contributed by atoms with Crippen LogP contribution in [0.5, 0.6) is 0 Å². The molecule has 5 heterocycles. The zero-order valence-electron chi connectivity index (χ0n) is 38.4. The molecular formula is C59H53BN2S2. The van der Waals surface area contributed by atoms with Gasteiger partial charge < -0.3 is 9.71 Å². The Kier molecular flexibility index (Phi) is 7.76. The van der Waals surface area contributed by atoms with E-state index in [1.165, 1.54) is 132 Å². The van der Waals surface area contributed by atoms with Gasteiger partial charge in [-0.1, -0.05) is 153 Å².